The van der Waals surface area contributed by atoms with Gasteiger partial charge in [0.15, 0.2) is 0 Å². The van der Waals surface area contributed by atoms with Gasteiger partial charge in [0.25, 0.3) is 0 Å². The molecule has 2 aromatic carbocycles. The first kappa shape index (κ1) is 20.6. The molecule has 0 bridgehead atoms. The average molecular weight is 400 g/mol. The van der Waals surface area contributed by atoms with E-state index in [2.05, 4.69) is 23.1 Å². The lowest BCUT2D eigenvalue weighted by Gasteiger charge is -2.30. The number of carbonyl (C=O) groups is 1. The molecule has 1 N–H and O–H groups in total. The highest BCUT2D eigenvalue weighted by Crippen LogP contribution is 2.25. The summed E-state index contributed by atoms with van der Waals surface area (Å²) in [5.41, 5.74) is 3.27. The lowest BCUT2D eigenvalue weighted by Crippen LogP contribution is -2.40. The Morgan fingerprint density at radius 3 is 2.71 bits per heavy atom. The number of likely N-dealkylation sites (tertiary alicyclic amines) is 1. The fraction of sp³-hybridized carbons (Fsp3) is 0.348. The van der Waals surface area contributed by atoms with Crippen LogP contribution in [0, 0.1) is 5.92 Å². The highest BCUT2D eigenvalue weighted by molar-refractivity contribution is 6.30. The summed E-state index contributed by atoms with van der Waals surface area (Å²) < 4.78 is 5.84. The number of nitrogens with zero attached hydrogens (tertiary/aromatic N) is 1. The van der Waals surface area contributed by atoms with E-state index in [-0.39, 0.29) is 5.92 Å². The molecule has 0 amide bonds. The van der Waals surface area contributed by atoms with E-state index < -0.39 is 5.97 Å². The third kappa shape index (κ3) is 5.93. The summed E-state index contributed by atoms with van der Waals surface area (Å²) in [6, 6.07) is 18.0. The van der Waals surface area contributed by atoms with Crippen molar-refractivity contribution in [2.24, 2.45) is 5.92 Å². The van der Waals surface area contributed by atoms with Crippen LogP contribution >= 0.6 is 11.6 Å². The van der Waals surface area contributed by atoms with Crippen LogP contribution < -0.4 is 0 Å². The van der Waals surface area contributed by atoms with E-state index in [4.69, 9.17) is 16.3 Å². The monoisotopic (exact) mass is 399 g/mol. The Kier molecular flexibility index (Phi) is 7.66. The number of halogens is 1. The summed E-state index contributed by atoms with van der Waals surface area (Å²) in [6.45, 7) is 3.40. The molecule has 0 saturated carbocycles. The average Bonchev–Trinajstić information content (AvgIpc) is 2.71. The van der Waals surface area contributed by atoms with E-state index in [0.29, 0.717) is 24.8 Å². The molecule has 5 heteroatoms. The topological polar surface area (TPSA) is 49.8 Å². The van der Waals surface area contributed by atoms with E-state index in [1.807, 2.05) is 42.5 Å². The quantitative estimate of drug-likeness (QED) is 0.660. The minimum Gasteiger partial charge on any atom is -0.481 e. The van der Waals surface area contributed by atoms with Gasteiger partial charge in [0.1, 0.15) is 0 Å². The molecule has 4 nitrogen and oxygen atoms in total. The first-order valence-electron chi connectivity index (χ1n) is 9.68. The summed E-state index contributed by atoms with van der Waals surface area (Å²) in [5.74, 6) is -0.941. The molecule has 0 radical (unpaired) electrons. The van der Waals surface area contributed by atoms with Gasteiger partial charge in [-0.15, -0.1) is 0 Å². The molecule has 0 aliphatic carbocycles. The third-order valence-corrected chi connectivity index (χ3v) is 5.27. The Morgan fingerprint density at radius 2 is 1.96 bits per heavy atom. The fourth-order valence-corrected chi connectivity index (χ4v) is 3.75. The van der Waals surface area contributed by atoms with E-state index in [1.165, 1.54) is 0 Å². The van der Waals surface area contributed by atoms with Gasteiger partial charge in [0, 0.05) is 18.1 Å². The van der Waals surface area contributed by atoms with Crippen molar-refractivity contribution < 1.29 is 14.6 Å². The fourth-order valence-electron chi connectivity index (χ4n) is 3.56. The van der Waals surface area contributed by atoms with Gasteiger partial charge in [-0.3, -0.25) is 4.79 Å². The number of hydrogen-bond donors (Lipinski definition) is 1. The van der Waals surface area contributed by atoms with Crippen LogP contribution in [0.4, 0.5) is 0 Å². The maximum absolute atomic E-state index is 11.2. The Labute approximate surface area is 171 Å². The Morgan fingerprint density at radius 1 is 1.18 bits per heavy atom. The highest BCUT2D eigenvalue weighted by atomic mass is 35.5. The van der Waals surface area contributed by atoms with Crippen molar-refractivity contribution in [3.05, 3.63) is 76.8 Å². The number of carboxylic acids is 1. The van der Waals surface area contributed by atoms with Crippen LogP contribution in [0.1, 0.15) is 24.0 Å². The number of benzene rings is 2. The minimum absolute atomic E-state index is 0.249. The van der Waals surface area contributed by atoms with Crippen molar-refractivity contribution in [2.75, 3.05) is 32.8 Å². The van der Waals surface area contributed by atoms with Crippen LogP contribution in [0.2, 0.25) is 5.02 Å². The molecule has 1 fully saturated rings. The Bertz CT molecular complexity index is 807. The summed E-state index contributed by atoms with van der Waals surface area (Å²) in [4.78, 5) is 13.4. The lowest BCUT2D eigenvalue weighted by molar-refractivity contribution is -0.143. The normalized spacial score (nSPS) is 18.2. The first-order chi connectivity index (χ1) is 13.6. The van der Waals surface area contributed by atoms with Gasteiger partial charge in [-0.2, -0.15) is 0 Å². The van der Waals surface area contributed by atoms with E-state index in [9.17, 15) is 9.90 Å². The van der Waals surface area contributed by atoms with Crippen molar-refractivity contribution in [2.45, 2.75) is 12.8 Å². The second-order valence-electron chi connectivity index (χ2n) is 7.05. The maximum atomic E-state index is 11.2. The predicted octanol–water partition coefficient (Wildman–Crippen LogP) is 4.58. The Hall–Kier alpha value is -2.14. The van der Waals surface area contributed by atoms with Crippen LogP contribution in [0.15, 0.2) is 60.7 Å². The number of piperidine rings is 1. The standard InChI is InChI=1S/C23H26ClNO3/c24-21-10-4-8-19(16-21)22(18-6-2-1-3-7-18)11-14-28-15-13-25-12-5-9-20(17-25)23(26)27/h1-4,6-8,10-11,16,20H,5,9,12-15,17H2,(H,26,27)/b22-11-/t20-/m1/s1. The first-order valence-corrected chi connectivity index (χ1v) is 10.1. The molecular formula is C23H26ClNO3. The second-order valence-corrected chi connectivity index (χ2v) is 7.48. The predicted molar refractivity (Wildman–Crippen MR) is 113 cm³/mol. The van der Waals surface area contributed by atoms with E-state index >= 15 is 0 Å². The number of rotatable bonds is 8. The molecule has 1 heterocycles. The minimum atomic E-state index is -0.692. The third-order valence-electron chi connectivity index (χ3n) is 5.03. The molecule has 1 saturated heterocycles. The van der Waals surface area contributed by atoms with Gasteiger partial charge >= 0.3 is 5.97 Å². The molecule has 1 aliphatic heterocycles. The molecule has 28 heavy (non-hydrogen) atoms. The van der Waals surface area contributed by atoms with Crippen molar-refractivity contribution in [3.8, 4) is 0 Å². The molecule has 0 unspecified atom stereocenters. The van der Waals surface area contributed by atoms with E-state index in [1.54, 1.807) is 0 Å². The van der Waals surface area contributed by atoms with Crippen molar-refractivity contribution >= 4 is 23.1 Å². The highest BCUT2D eigenvalue weighted by Gasteiger charge is 2.24. The summed E-state index contributed by atoms with van der Waals surface area (Å²) in [7, 11) is 0. The summed E-state index contributed by atoms with van der Waals surface area (Å²) in [5, 5.41) is 9.89. The van der Waals surface area contributed by atoms with Crippen molar-refractivity contribution in [1.82, 2.24) is 4.90 Å². The zero-order valence-electron chi connectivity index (χ0n) is 15.9. The Balaban J connectivity index is 1.57. The molecule has 2 aromatic rings. The SMILES string of the molecule is O=C(O)[C@@H]1CCCN(CCOC/C=C(/c2ccccc2)c2cccc(Cl)c2)C1. The van der Waals surface area contributed by atoms with Crippen LogP contribution in [0.3, 0.4) is 0 Å². The summed E-state index contributed by atoms with van der Waals surface area (Å²) >= 11 is 6.17. The van der Waals surface area contributed by atoms with Gasteiger partial charge in [0.05, 0.1) is 19.1 Å². The number of aliphatic carboxylic acids is 1. The molecule has 1 atom stereocenters. The van der Waals surface area contributed by atoms with Gasteiger partial charge in [0.2, 0.25) is 0 Å². The van der Waals surface area contributed by atoms with Gasteiger partial charge < -0.3 is 14.7 Å². The van der Waals surface area contributed by atoms with Crippen LogP contribution in [0.25, 0.3) is 5.57 Å². The van der Waals surface area contributed by atoms with Crippen LogP contribution in [-0.4, -0.2) is 48.8 Å². The lowest BCUT2D eigenvalue weighted by atomic mass is 9.98. The molecule has 1 aliphatic rings. The maximum Gasteiger partial charge on any atom is 0.307 e. The van der Waals surface area contributed by atoms with Gasteiger partial charge in [-0.05, 0) is 48.2 Å². The van der Waals surface area contributed by atoms with Gasteiger partial charge in [-0.25, -0.2) is 0 Å². The molecule has 3 rings (SSSR count). The molecular weight excluding hydrogens is 374 g/mol. The zero-order valence-corrected chi connectivity index (χ0v) is 16.6. The van der Waals surface area contributed by atoms with Crippen LogP contribution in [0.5, 0.6) is 0 Å². The van der Waals surface area contributed by atoms with Crippen molar-refractivity contribution in [3.63, 3.8) is 0 Å². The molecule has 148 valence electrons. The number of hydrogen-bond acceptors (Lipinski definition) is 3. The smallest absolute Gasteiger partial charge is 0.307 e. The van der Waals surface area contributed by atoms with Crippen LogP contribution in [-0.2, 0) is 9.53 Å². The summed E-state index contributed by atoms with van der Waals surface area (Å²) in [6.07, 6.45) is 3.79. The van der Waals surface area contributed by atoms with Gasteiger partial charge in [-0.1, -0.05) is 60.1 Å². The largest absolute Gasteiger partial charge is 0.481 e. The number of carboxylic acid groups (broad SMARTS) is 1. The molecule has 0 aromatic heterocycles. The van der Waals surface area contributed by atoms with E-state index in [0.717, 1.165) is 42.6 Å². The second kappa shape index (κ2) is 10.4. The molecule has 0 spiro atoms. The zero-order chi connectivity index (χ0) is 19.8. The van der Waals surface area contributed by atoms with Crippen molar-refractivity contribution in [1.29, 1.82) is 0 Å². The number of ether oxygens (including phenoxy) is 1.